The van der Waals surface area contributed by atoms with Gasteiger partial charge in [0.2, 0.25) is 5.91 Å². The van der Waals surface area contributed by atoms with Crippen LogP contribution in [0.1, 0.15) is 18.7 Å². The van der Waals surface area contributed by atoms with Gasteiger partial charge in [0.25, 0.3) is 0 Å². The second kappa shape index (κ2) is 3.38. The first kappa shape index (κ1) is 9.14. The fourth-order valence-corrected chi connectivity index (χ4v) is 1.44. The Morgan fingerprint density at radius 2 is 2.43 bits per heavy atom. The van der Waals surface area contributed by atoms with Gasteiger partial charge in [-0.15, -0.1) is 5.10 Å². The first-order valence-corrected chi connectivity index (χ1v) is 4.48. The van der Waals surface area contributed by atoms with E-state index < -0.39 is 0 Å². The lowest BCUT2D eigenvalue weighted by Crippen LogP contribution is -2.50. The van der Waals surface area contributed by atoms with Gasteiger partial charge in [0.1, 0.15) is 5.69 Å². The molecule has 1 saturated heterocycles. The molecule has 0 radical (unpaired) electrons. The summed E-state index contributed by atoms with van der Waals surface area (Å²) in [6, 6.07) is 0.215. The number of amides is 1. The van der Waals surface area contributed by atoms with Gasteiger partial charge in [-0.2, -0.15) is 0 Å². The van der Waals surface area contributed by atoms with Gasteiger partial charge in [-0.25, -0.2) is 4.68 Å². The van der Waals surface area contributed by atoms with Crippen molar-refractivity contribution in [2.45, 2.75) is 19.6 Å². The molecule has 1 aliphatic heterocycles. The van der Waals surface area contributed by atoms with E-state index in [1.165, 1.54) is 0 Å². The SMILES string of the molecule is CC(=O)N1CC(n2cc(CO)nn2)C1. The van der Waals surface area contributed by atoms with Crippen LogP contribution in [-0.4, -0.2) is 44.0 Å². The van der Waals surface area contributed by atoms with Crippen molar-refractivity contribution in [2.24, 2.45) is 0 Å². The minimum absolute atomic E-state index is 0.0868. The average Bonchev–Trinajstić information content (AvgIpc) is 2.49. The molecule has 0 unspecified atom stereocenters. The van der Waals surface area contributed by atoms with Crippen molar-refractivity contribution in [1.29, 1.82) is 0 Å². The largest absolute Gasteiger partial charge is 0.390 e. The van der Waals surface area contributed by atoms with E-state index in [0.717, 1.165) is 0 Å². The van der Waals surface area contributed by atoms with Crippen LogP contribution in [0.4, 0.5) is 0 Å². The van der Waals surface area contributed by atoms with Crippen LogP contribution in [0.5, 0.6) is 0 Å². The van der Waals surface area contributed by atoms with Gasteiger partial charge in [0.15, 0.2) is 0 Å². The molecule has 1 aromatic heterocycles. The van der Waals surface area contributed by atoms with Crippen molar-refractivity contribution in [3.8, 4) is 0 Å². The van der Waals surface area contributed by atoms with Gasteiger partial charge in [-0.1, -0.05) is 5.21 Å². The van der Waals surface area contributed by atoms with Crippen LogP contribution in [0.2, 0.25) is 0 Å². The van der Waals surface area contributed by atoms with Gasteiger partial charge in [-0.05, 0) is 0 Å². The lowest BCUT2D eigenvalue weighted by atomic mass is 10.1. The highest BCUT2D eigenvalue weighted by atomic mass is 16.3. The molecule has 6 heteroatoms. The maximum Gasteiger partial charge on any atom is 0.219 e. The Kier molecular flexibility index (Phi) is 2.20. The average molecular weight is 196 g/mol. The lowest BCUT2D eigenvalue weighted by Gasteiger charge is -2.38. The summed E-state index contributed by atoms with van der Waals surface area (Å²) in [6.45, 7) is 2.83. The maximum atomic E-state index is 10.9. The highest BCUT2D eigenvalue weighted by Crippen LogP contribution is 2.19. The van der Waals surface area contributed by atoms with Gasteiger partial charge in [0.05, 0.1) is 18.8 Å². The molecule has 0 bridgehead atoms. The Morgan fingerprint density at radius 1 is 1.71 bits per heavy atom. The zero-order valence-corrected chi connectivity index (χ0v) is 7.92. The molecule has 0 aliphatic carbocycles. The third-order valence-corrected chi connectivity index (χ3v) is 2.40. The van der Waals surface area contributed by atoms with Gasteiger partial charge in [0, 0.05) is 20.0 Å². The van der Waals surface area contributed by atoms with Crippen LogP contribution in [0, 0.1) is 0 Å². The number of hydrogen-bond donors (Lipinski definition) is 1. The summed E-state index contributed by atoms with van der Waals surface area (Å²) in [5.74, 6) is 0.0868. The number of aliphatic hydroxyl groups excluding tert-OH is 1. The first-order valence-electron chi connectivity index (χ1n) is 4.48. The van der Waals surface area contributed by atoms with Crippen LogP contribution in [0.25, 0.3) is 0 Å². The molecular formula is C8H12N4O2. The second-order valence-corrected chi connectivity index (χ2v) is 3.43. The summed E-state index contributed by atoms with van der Waals surface area (Å²) in [5.41, 5.74) is 0.561. The summed E-state index contributed by atoms with van der Waals surface area (Å²) in [5, 5.41) is 16.4. The summed E-state index contributed by atoms with van der Waals surface area (Å²) in [4.78, 5) is 12.6. The molecule has 0 saturated carbocycles. The number of likely N-dealkylation sites (tertiary alicyclic amines) is 1. The fourth-order valence-electron chi connectivity index (χ4n) is 1.44. The number of carbonyl (C=O) groups excluding carboxylic acids is 1. The zero-order chi connectivity index (χ0) is 10.1. The Hall–Kier alpha value is -1.43. The molecule has 1 amide bonds. The van der Waals surface area contributed by atoms with Crippen molar-refractivity contribution in [2.75, 3.05) is 13.1 Å². The summed E-state index contributed by atoms with van der Waals surface area (Å²) in [7, 11) is 0. The van der Waals surface area contributed by atoms with E-state index >= 15 is 0 Å². The monoisotopic (exact) mass is 196 g/mol. The summed E-state index contributed by atoms with van der Waals surface area (Å²) in [6.07, 6.45) is 1.71. The molecular weight excluding hydrogens is 184 g/mol. The Bertz CT molecular complexity index is 343. The molecule has 6 nitrogen and oxygen atoms in total. The van der Waals surface area contributed by atoms with E-state index in [4.69, 9.17) is 5.11 Å². The molecule has 2 rings (SSSR count). The van der Waals surface area contributed by atoms with E-state index in [9.17, 15) is 4.79 Å². The first-order chi connectivity index (χ1) is 6.70. The van der Waals surface area contributed by atoms with Crippen molar-refractivity contribution >= 4 is 5.91 Å². The highest BCUT2D eigenvalue weighted by Gasteiger charge is 2.30. The second-order valence-electron chi connectivity index (χ2n) is 3.43. The van der Waals surface area contributed by atoms with Gasteiger partial charge in [-0.3, -0.25) is 4.79 Å². The van der Waals surface area contributed by atoms with Crippen LogP contribution < -0.4 is 0 Å². The number of carbonyl (C=O) groups is 1. The van der Waals surface area contributed by atoms with E-state index in [0.29, 0.717) is 18.8 Å². The number of rotatable bonds is 2. The van der Waals surface area contributed by atoms with E-state index in [1.807, 2.05) is 0 Å². The third-order valence-electron chi connectivity index (χ3n) is 2.40. The normalized spacial score (nSPS) is 16.9. The minimum Gasteiger partial charge on any atom is -0.390 e. The van der Waals surface area contributed by atoms with Gasteiger partial charge >= 0.3 is 0 Å². The topological polar surface area (TPSA) is 71.2 Å². The van der Waals surface area contributed by atoms with Crippen LogP contribution in [-0.2, 0) is 11.4 Å². The maximum absolute atomic E-state index is 10.9. The molecule has 1 aromatic rings. The van der Waals surface area contributed by atoms with E-state index in [-0.39, 0.29) is 18.6 Å². The smallest absolute Gasteiger partial charge is 0.219 e. The number of aromatic nitrogens is 3. The minimum atomic E-state index is -0.0941. The predicted octanol–water partition coefficient (Wildman–Crippen LogP) is -0.826. The lowest BCUT2D eigenvalue weighted by molar-refractivity contribution is -0.134. The van der Waals surface area contributed by atoms with Crippen molar-refractivity contribution in [1.82, 2.24) is 19.9 Å². The molecule has 2 heterocycles. The number of aliphatic hydroxyl groups is 1. The molecule has 76 valence electrons. The molecule has 0 spiro atoms. The predicted molar refractivity (Wildman–Crippen MR) is 47.2 cm³/mol. The zero-order valence-electron chi connectivity index (χ0n) is 7.92. The standard InChI is InChI=1S/C8H12N4O2/c1-6(14)11-3-8(4-11)12-2-7(5-13)9-10-12/h2,8,13H,3-5H2,1H3. The number of nitrogens with zero attached hydrogens (tertiary/aromatic N) is 4. The Labute approximate surface area is 81.1 Å². The van der Waals surface area contributed by atoms with E-state index in [1.54, 1.807) is 22.7 Å². The Balaban J connectivity index is 1.96. The molecule has 1 fully saturated rings. The fraction of sp³-hybridized carbons (Fsp3) is 0.625. The highest BCUT2D eigenvalue weighted by molar-refractivity contribution is 5.74. The van der Waals surface area contributed by atoms with Crippen molar-refractivity contribution in [3.05, 3.63) is 11.9 Å². The summed E-state index contributed by atoms with van der Waals surface area (Å²) < 4.78 is 1.70. The quantitative estimate of drug-likeness (QED) is 0.670. The van der Waals surface area contributed by atoms with Crippen molar-refractivity contribution in [3.63, 3.8) is 0 Å². The van der Waals surface area contributed by atoms with E-state index in [2.05, 4.69) is 10.3 Å². The molecule has 1 aliphatic rings. The van der Waals surface area contributed by atoms with Crippen LogP contribution >= 0.6 is 0 Å². The van der Waals surface area contributed by atoms with Crippen LogP contribution in [0.15, 0.2) is 6.20 Å². The third kappa shape index (κ3) is 1.48. The Morgan fingerprint density at radius 3 is 2.93 bits per heavy atom. The van der Waals surface area contributed by atoms with Crippen molar-refractivity contribution < 1.29 is 9.90 Å². The van der Waals surface area contributed by atoms with Crippen LogP contribution in [0.3, 0.4) is 0 Å². The summed E-state index contributed by atoms with van der Waals surface area (Å²) >= 11 is 0. The molecule has 14 heavy (non-hydrogen) atoms. The molecule has 1 N–H and O–H groups in total. The molecule has 0 aromatic carbocycles. The number of hydrogen-bond acceptors (Lipinski definition) is 4. The van der Waals surface area contributed by atoms with Gasteiger partial charge < -0.3 is 10.0 Å². The molecule has 0 atom stereocenters.